The molecule has 19 heavy (non-hydrogen) atoms. The number of hydrogen-bond donors (Lipinski definition) is 1. The van der Waals surface area contributed by atoms with Crippen LogP contribution in [0.15, 0.2) is 0 Å². The molecule has 0 amide bonds. The standard InChI is InChI=1S/C16H32N2O/c1-12-4-7-16(17)15(10-12)11-18(8-9-19-3)13(2)14-5-6-14/h12-16H,4-11,17H2,1-3H3. The molecule has 3 heteroatoms. The molecule has 2 N–H and O–H groups in total. The van der Waals surface area contributed by atoms with Crippen molar-refractivity contribution < 1.29 is 4.74 Å². The Labute approximate surface area is 118 Å². The number of methoxy groups -OCH3 is 1. The van der Waals surface area contributed by atoms with Crippen molar-refractivity contribution in [1.29, 1.82) is 0 Å². The van der Waals surface area contributed by atoms with Crippen LogP contribution in [0.25, 0.3) is 0 Å². The van der Waals surface area contributed by atoms with Crippen molar-refractivity contribution in [2.45, 2.75) is 58.0 Å². The van der Waals surface area contributed by atoms with Crippen LogP contribution in [0.1, 0.15) is 46.0 Å². The van der Waals surface area contributed by atoms with Gasteiger partial charge < -0.3 is 10.5 Å². The Kier molecular flexibility index (Phi) is 5.67. The molecule has 0 aliphatic heterocycles. The number of ether oxygens (including phenoxy) is 1. The third kappa shape index (κ3) is 4.44. The van der Waals surface area contributed by atoms with Crippen molar-refractivity contribution >= 4 is 0 Å². The molecule has 4 atom stereocenters. The first-order valence-electron chi connectivity index (χ1n) is 8.10. The second-order valence-electron chi connectivity index (χ2n) is 6.91. The van der Waals surface area contributed by atoms with Gasteiger partial charge in [0.1, 0.15) is 0 Å². The van der Waals surface area contributed by atoms with E-state index >= 15 is 0 Å². The summed E-state index contributed by atoms with van der Waals surface area (Å²) in [5.41, 5.74) is 6.35. The lowest BCUT2D eigenvalue weighted by Crippen LogP contribution is -2.47. The van der Waals surface area contributed by atoms with E-state index < -0.39 is 0 Å². The Bertz CT molecular complexity index is 267. The van der Waals surface area contributed by atoms with Crippen molar-refractivity contribution in [2.24, 2.45) is 23.5 Å². The average Bonchev–Trinajstić information content (AvgIpc) is 3.22. The highest BCUT2D eigenvalue weighted by molar-refractivity contribution is 4.89. The van der Waals surface area contributed by atoms with Gasteiger partial charge in [0.15, 0.2) is 0 Å². The molecule has 4 unspecified atom stereocenters. The van der Waals surface area contributed by atoms with Crippen LogP contribution in [0.2, 0.25) is 0 Å². The van der Waals surface area contributed by atoms with Crippen LogP contribution in [-0.2, 0) is 4.74 Å². The van der Waals surface area contributed by atoms with Crippen LogP contribution in [0.4, 0.5) is 0 Å². The van der Waals surface area contributed by atoms with Crippen molar-refractivity contribution in [3.63, 3.8) is 0 Å². The predicted molar refractivity (Wildman–Crippen MR) is 80.1 cm³/mol. The zero-order valence-corrected chi connectivity index (χ0v) is 13.0. The second kappa shape index (κ2) is 7.05. The van der Waals surface area contributed by atoms with Crippen molar-refractivity contribution in [2.75, 3.05) is 26.8 Å². The minimum atomic E-state index is 0.410. The van der Waals surface area contributed by atoms with E-state index in [4.69, 9.17) is 10.5 Å². The van der Waals surface area contributed by atoms with Crippen molar-refractivity contribution in [3.8, 4) is 0 Å². The summed E-state index contributed by atoms with van der Waals surface area (Å²) in [6.45, 7) is 7.85. The highest BCUT2D eigenvalue weighted by atomic mass is 16.5. The smallest absolute Gasteiger partial charge is 0.0589 e. The first kappa shape index (κ1) is 15.3. The maximum atomic E-state index is 6.35. The number of nitrogens with two attached hydrogens (primary N) is 1. The highest BCUT2D eigenvalue weighted by Crippen LogP contribution is 2.36. The Morgan fingerprint density at radius 1 is 1.26 bits per heavy atom. The predicted octanol–water partition coefficient (Wildman–Crippen LogP) is 2.50. The largest absolute Gasteiger partial charge is 0.383 e. The maximum Gasteiger partial charge on any atom is 0.0589 e. The van der Waals surface area contributed by atoms with E-state index in [0.29, 0.717) is 18.0 Å². The minimum absolute atomic E-state index is 0.410. The van der Waals surface area contributed by atoms with Crippen LogP contribution in [0, 0.1) is 17.8 Å². The van der Waals surface area contributed by atoms with Crippen molar-refractivity contribution in [1.82, 2.24) is 4.90 Å². The highest BCUT2D eigenvalue weighted by Gasteiger charge is 2.34. The molecule has 3 nitrogen and oxygen atoms in total. The summed E-state index contributed by atoms with van der Waals surface area (Å²) in [4.78, 5) is 2.64. The van der Waals surface area contributed by atoms with Crippen LogP contribution in [0.3, 0.4) is 0 Å². The van der Waals surface area contributed by atoms with Gasteiger partial charge in [-0.15, -0.1) is 0 Å². The first-order valence-corrected chi connectivity index (χ1v) is 8.10. The molecule has 0 heterocycles. The Hall–Kier alpha value is -0.120. The lowest BCUT2D eigenvalue weighted by molar-refractivity contribution is 0.0848. The van der Waals surface area contributed by atoms with E-state index in [1.54, 1.807) is 7.11 Å². The lowest BCUT2D eigenvalue weighted by Gasteiger charge is -2.38. The van der Waals surface area contributed by atoms with Gasteiger partial charge in [-0.05, 0) is 56.8 Å². The van der Waals surface area contributed by atoms with Gasteiger partial charge >= 0.3 is 0 Å². The quantitative estimate of drug-likeness (QED) is 0.771. The first-order chi connectivity index (χ1) is 9.11. The summed E-state index contributed by atoms with van der Waals surface area (Å²) in [5, 5.41) is 0. The molecule has 2 aliphatic carbocycles. The SMILES string of the molecule is COCCN(CC1CC(C)CCC1N)C(C)C1CC1. The van der Waals surface area contributed by atoms with E-state index in [2.05, 4.69) is 18.7 Å². The van der Waals surface area contributed by atoms with Gasteiger partial charge in [-0.25, -0.2) is 0 Å². The fourth-order valence-corrected chi connectivity index (χ4v) is 3.58. The third-order valence-electron chi connectivity index (χ3n) is 5.24. The summed E-state index contributed by atoms with van der Waals surface area (Å²) in [6.07, 6.45) is 6.66. The summed E-state index contributed by atoms with van der Waals surface area (Å²) in [7, 11) is 1.80. The molecule has 0 spiro atoms. The number of nitrogens with zero attached hydrogens (tertiary/aromatic N) is 1. The van der Waals surface area contributed by atoms with Gasteiger partial charge in [0, 0.05) is 32.3 Å². The average molecular weight is 268 g/mol. The van der Waals surface area contributed by atoms with Crippen LogP contribution >= 0.6 is 0 Å². The van der Waals surface area contributed by atoms with E-state index in [9.17, 15) is 0 Å². The Morgan fingerprint density at radius 3 is 2.63 bits per heavy atom. The van der Waals surface area contributed by atoms with Crippen LogP contribution in [-0.4, -0.2) is 43.8 Å². The van der Waals surface area contributed by atoms with E-state index in [-0.39, 0.29) is 0 Å². The maximum absolute atomic E-state index is 6.35. The van der Waals surface area contributed by atoms with E-state index in [1.165, 1.54) is 38.6 Å². The molecule has 0 radical (unpaired) electrons. The van der Waals surface area contributed by atoms with Gasteiger partial charge in [-0.1, -0.05) is 6.92 Å². The fourth-order valence-electron chi connectivity index (χ4n) is 3.58. The van der Waals surface area contributed by atoms with Gasteiger partial charge in [-0.3, -0.25) is 4.90 Å². The van der Waals surface area contributed by atoms with Gasteiger partial charge in [0.05, 0.1) is 6.61 Å². The Balaban J connectivity index is 1.89. The minimum Gasteiger partial charge on any atom is -0.383 e. The third-order valence-corrected chi connectivity index (χ3v) is 5.24. The van der Waals surface area contributed by atoms with Gasteiger partial charge in [0.25, 0.3) is 0 Å². The summed E-state index contributed by atoms with van der Waals surface area (Å²) >= 11 is 0. The molecule has 0 saturated heterocycles. The van der Waals surface area contributed by atoms with Gasteiger partial charge in [0.2, 0.25) is 0 Å². The van der Waals surface area contributed by atoms with E-state index in [0.717, 1.165) is 25.0 Å². The Morgan fingerprint density at radius 2 is 2.00 bits per heavy atom. The molecule has 2 aliphatic rings. The normalized spacial score (nSPS) is 33.6. The molecule has 2 saturated carbocycles. The molecule has 2 fully saturated rings. The second-order valence-corrected chi connectivity index (χ2v) is 6.91. The molecule has 2 rings (SSSR count). The molecular weight excluding hydrogens is 236 g/mol. The molecule has 112 valence electrons. The van der Waals surface area contributed by atoms with Crippen LogP contribution < -0.4 is 5.73 Å². The summed E-state index contributed by atoms with van der Waals surface area (Å²) in [5.74, 6) is 2.46. The zero-order valence-electron chi connectivity index (χ0n) is 13.0. The molecule has 0 aromatic heterocycles. The number of hydrogen-bond acceptors (Lipinski definition) is 3. The summed E-state index contributed by atoms with van der Waals surface area (Å²) < 4.78 is 5.29. The topological polar surface area (TPSA) is 38.5 Å². The van der Waals surface area contributed by atoms with Crippen molar-refractivity contribution in [3.05, 3.63) is 0 Å². The number of rotatable bonds is 7. The summed E-state index contributed by atoms with van der Waals surface area (Å²) in [6, 6.07) is 1.12. The monoisotopic (exact) mass is 268 g/mol. The molecule has 0 bridgehead atoms. The molecular formula is C16H32N2O. The molecule has 0 aromatic rings. The lowest BCUT2D eigenvalue weighted by atomic mass is 9.79. The van der Waals surface area contributed by atoms with Gasteiger partial charge in [-0.2, -0.15) is 0 Å². The zero-order chi connectivity index (χ0) is 13.8. The fraction of sp³-hybridized carbons (Fsp3) is 1.00. The van der Waals surface area contributed by atoms with Crippen LogP contribution in [0.5, 0.6) is 0 Å². The molecule has 0 aromatic carbocycles. The van der Waals surface area contributed by atoms with E-state index in [1.807, 2.05) is 0 Å².